The van der Waals surface area contributed by atoms with Crippen molar-refractivity contribution < 1.29 is 4.39 Å². The van der Waals surface area contributed by atoms with E-state index < -0.39 is 0 Å². The second kappa shape index (κ2) is 3.28. The molecule has 2 heterocycles. The zero-order valence-corrected chi connectivity index (χ0v) is 8.79. The standard InChI is InChI=1S/C10H6FN3OS/c11-7-4-2-1-3-6(7)8-5-14-9(12-8)16-10(15)13-14/h1-5H,(H,13,15). The highest BCUT2D eigenvalue weighted by Crippen LogP contribution is 2.21. The normalized spacial score (nSPS) is 11.1. The molecule has 0 aliphatic heterocycles. The third-order valence-electron chi connectivity index (χ3n) is 2.22. The number of benzene rings is 1. The number of hydrogen-bond acceptors (Lipinski definition) is 3. The van der Waals surface area contributed by atoms with Gasteiger partial charge in [-0.05, 0) is 23.5 Å². The molecule has 0 fully saturated rings. The number of imidazole rings is 1. The summed E-state index contributed by atoms with van der Waals surface area (Å²) in [5.74, 6) is -0.324. The number of H-pyrrole nitrogens is 1. The van der Waals surface area contributed by atoms with Crippen LogP contribution in [-0.4, -0.2) is 14.6 Å². The van der Waals surface area contributed by atoms with E-state index >= 15 is 0 Å². The number of aromatic amines is 1. The van der Waals surface area contributed by atoms with Crippen LogP contribution in [0, 0.1) is 5.82 Å². The average molecular weight is 235 g/mol. The van der Waals surface area contributed by atoms with E-state index in [-0.39, 0.29) is 10.7 Å². The third-order valence-corrected chi connectivity index (χ3v) is 2.97. The van der Waals surface area contributed by atoms with Crippen LogP contribution in [0.5, 0.6) is 0 Å². The van der Waals surface area contributed by atoms with Crippen LogP contribution in [0.1, 0.15) is 0 Å². The molecule has 0 amide bonds. The van der Waals surface area contributed by atoms with E-state index in [2.05, 4.69) is 10.1 Å². The molecule has 0 spiro atoms. The summed E-state index contributed by atoms with van der Waals surface area (Å²) < 4.78 is 15.0. The molecule has 0 saturated heterocycles. The molecule has 16 heavy (non-hydrogen) atoms. The Labute approximate surface area is 93.0 Å². The van der Waals surface area contributed by atoms with Gasteiger partial charge in [0.1, 0.15) is 5.82 Å². The minimum Gasteiger partial charge on any atom is -0.255 e. The topological polar surface area (TPSA) is 50.2 Å². The zero-order valence-electron chi connectivity index (χ0n) is 7.98. The smallest absolute Gasteiger partial charge is 0.255 e. The van der Waals surface area contributed by atoms with Gasteiger partial charge in [-0.15, -0.1) is 0 Å². The first-order chi connectivity index (χ1) is 7.74. The highest BCUT2D eigenvalue weighted by molar-refractivity contribution is 7.14. The number of rotatable bonds is 1. The van der Waals surface area contributed by atoms with Gasteiger partial charge in [0.25, 0.3) is 0 Å². The first-order valence-corrected chi connectivity index (χ1v) is 5.39. The minimum atomic E-state index is -0.324. The Morgan fingerprint density at radius 2 is 2.19 bits per heavy atom. The molecule has 1 aromatic carbocycles. The maximum absolute atomic E-state index is 13.5. The van der Waals surface area contributed by atoms with E-state index in [1.165, 1.54) is 10.6 Å². The Hall–Kier alpha value is -1.95. The van der Waals surface area contributed by atoms with Crippen LogP contribution in [0.3, 0.4) is 0 Å². The van der Waals surface area contributed by atoms with E-state index in [9.17, 15) is 9.18 Å². The Morgan fingerprint density at radius 3 is 2.94 bits per heavy atom. The number of nitrogens with one attached hydrogen (secondary N) is 1. The van der Waals surface area contributed by atoms with Crippen molar-refractivity contribution >= 4 is 16.3 Å². The molecule has 0 bridgehead atoms. The number of halogens is 1. The Bertz CT molecular complexity index is 677. The highest BCUT2D eigenvalue weighted by atomic mass is 32.1. The predicted octanol–water partition coefficient (Wildman–Crippen LogP) is 1.89. The fraction of sp³-hybridized carbons (Fsp3) is 0. The second-order valence-electron chi connectivity index (χ2n) is 3.26. The SMILES string of the molecule is O=c1[nH]n2cc(-c3ccccc3F)nc2s1. The van der Waals surface area contributed by atoms with Gasteiger partial charge in [0.2, 0.25) is 4.96 Å². The molecule has 6 heteroatoms. The molecule has 0 atom stereocenters. The summed E-state index contributed by atoms with van der Waals surface area (Å²) in [6.45, 7) is 0. The van der Waals surface area contributed by atoms with E-state index in [1.54, 1.807) is 24.4 Å². The number of hydrogen-bond donors (Lipinski definition) is 1. The number of aromatic nitrogens is 3. The lowest BCUT2D eigenvalue weighted by Gasteiger charge is -1.96. The lowest BCUT2D eigenvalue weighted by atomic mass is 10.1. The summed E-state index contributed by atoms with van der Waals surface area (Å²) in [7, 11) is 0. The van der Waals surface area contributed by atoms with Crippen LogP contribution in [-0.2, 0) is 0 Å². The van der Waals surface area contributed by atoms with Gasteiger partial charge in [-0.3, -0.25) is 4.79 Å². The van der Waals surface area contributed by atoms with Crippen molar-refractivity contribution in [3.05, 3.63) is 45.9 Å². The summed E-state index contributed by atoms with van der Waals surface area (Å²) in [6, 6.07) is 6.40. The Kier molecular flexibility index (Phi) is 1.90. The first-order valence-electron chi connectivity index (χ1n) is 4.57. The van der Waals surface area contributed by atoms with Gasteiger partial charge in [-0.2, -0.15) is 0 Å². The molecular formula is C10H6FN3OS. The van der Waals surface area contributed by atoms with Crippen molar-refractivity contribution in [1.82, 2.24) is 14.6 Å². The molecule has 4 nitrogen and oxygen atoms in total. The van der Waals surface area contributed by atoms with Gasteiger partial charge >= 0.3 is 4.87 Å². The maximum atomic E-state index is 13.5. The summed E-state index contributed by atoms with van der Waals surface area (Å²) in [5, 5.41) is 2.56. The van der Waals surface area contributed by atoms with Crippen LogP contribution in [0.2, 0.25) is 0 Å². The van der Waals surface area contributed by atoms with Crippen molar-refractivity contribution in [2.45, 2.75) is 0 Å². The van der Waals surface area contributed by atoms with Crippen molar-refractivity contribution in [3.63, 3.8) is 0 Å². The molecular weight excluding hydrogens is 229 g/mol. The summed E-state index contributed by atoms with van der Waals surface area (Å²) in [4.78, 5) is 15.5. The molecule has 80 valence electrons. The largest absolute Gasteiger partial charge is 0.322 e. The van der Waals surface area contributed by atoms with Gasteiger partial charge in [0.05, 0.1) is 11.9 Å². The summed E-state index contributed by atoms with van der Waals surface area (Å²) in [5.41, 5.74) is 0.944. The van der Waals surface area contributed by atoms with Crippen LogP contribution >= 0.6 is 11.3 Å². The van der Waals surface area contributed by atoms with Crippen LogP contribution in [0.15, 0.2) is 35.3 Å². The summed E-state index contributed by atoms with van der Waals surface area (Å²) in [6.07, 6.45) is 1.60. The van der Waals surface area contributed by atoms with Gasteiger partial charge in [0.15, 0.2) is 0 Å². The van der Waals surface area contributed by atoms with E-state index in [1.807, 2.05) is 0 Å². The van der Waals surface area contributed by atoms with E-state index in [4.69, 9.17) is 0 Å². The fourth-order valence-corrected chi connectivity index (χ4v) is 2.17. The van der Waals surface area contributed by atoms with Crippen molar-refractivity contribution in [3.8, 4) is 11.3 Å². The van der Waals surface area contributed by atoms with Crippen molar-refractivity contribution in [1.29, 1.82) is 0 Å². The Balaban J connectivity index is 2.23. The maximum Gasteiger partial charge on any atom is 0.322 e. The average Bonchev–Trinajstić information content (AvgIpc) is 2.75. The summed E-state index contributed by atoms with van der Waals surface area (Å²) >= 11 is 0.992. The Morgan fingerprint density at radius 1 is 1.38 bits per heavy atom. The third kappa shape index (κ3) is 1.35. The minimum absolute atomic E-state index is 0.178. The predicted molar refractivity (Wildman–Crippen MR) is 59.1 cm³/mol. The fourth-order valence-electron chi connectivity index (χ4n) is 1.52. The molecule has 0 saturated carbocycles. The lowest BCUT2D eigenvalue weighted by molar-refractivity contribution is 0.631. The molecule has 0 unspecified atom stereocenters. The first kappa shape index (κ1) is 9.29. The second-order valence-corrected chi connectivity index (χ2v) is 4.20. The van der Waals surface area contributed by atoms with Gasteiger partial charge in [-0.25, -0.2) is 19.0 Å². The number of fused-ring (bicyclic) bond motifs is 1. The highest BCUT2D eigenvalue weighted by Gasteiger charge is 2.10. The molecule has 3 aromatic rings. The van der Waals surface area contributed by atoms with Crippen molar-refractivity contribution in [2.24, 2.45) is 0 Å². The molecule has 0 aliphatic rings. The van der Waals surface area contributed by atoms with E-state index in [0.29, 0.717) is 16.2 Å². The molecule has 0 radical (unpaired) electrons. The van der Waals surface area contributed by atoms with Gasteiger partial charge < -0.3 is 0 Å². The monoisotopic (exact) mass is 235 g/mol. The lowest BCUT2D eigenvalue weighted by Crippen LogP contribution is -1.95. The van der Waals surface area contributed by atoms with Crippen LogP contribution in [0.25, 0.3) is 16.2 Å². The van der Waals surface area contributed by atoms with Gasteiger partial charge in [-0.1, -0.05) is 12.1 Å². The molecule has 2 aromatic heterocycles. The van der Waals surface area contributed by atoms with Crippen molar-refractivity contribution in [2.75, 3.05) is 0 Å². The quantitative estimate of drug-likeness (QED) is 0.700. The number of nitrogens with zero attached hydrogens (tertiary/aromatic N) is 2. The van der Waals surface area contributed by atoms with Crippen LogP contribution in [0.4, 0.5) is 4.39 Å². The molecule has 0 aliphatic carbocycles. The molecule has 1 N–H and O–H groups in total. The van der Waals surface area contributed by atoms with Gasteiger partial charge in [0, 0.05) is 5.56 Å². The zero-order chi connectivity index (χ0) is 11.1. The van der Waals surface area contributed by atoms with E-state index in [0.717, 1.165) is 11.3 Å². The molecule has 3 rings (SSSR count). The van der Waals surface area contributed by atoms with Crippen LogP contribution < -0.4 is 4.87 Å².